The lowest BCUT2D eigenvalue weighted by atomic mass is 10.1. The van der Waals surface area contributed by atoms with Crippen molar-refractivity contribution in [2.45, 2.75) is 58.9 Å². The van der Waals surface area contributed by atoms with Crippen molar-refractivity contribution in [3.05, 3.63) is 20.4 Å². The van der Waals surface area contributed by atoms with Gasteiger partial charge < -0.3 is 15.5 Å². The van der Waals surface area contributed by atoms with Gasteiger partial charge in [-0.1, -0.05) is 26.2 Å². The molecule has 0 bridgehead atoms. The summed E-state index contributed by atoms with van der Waals surface area (Å²) in [5.74, 6) is 0. The first kappa shape index (κ1) is 18.7. The van der Waals surface area contributed by atoms with Crippen molar-refractivity contribution < 1.29 is 0 Å². The third-order valence-corrected chi connectivity index (χ3v) is 4.11. The molecule has 2 N–H and O–H groups in total. The fraction of sp³-hybridized carbons (Fsp3) is 0.765. The van der Waals surface area contributed by atoms with Crippen LogP contribution in [0.1, 0.15) is 52.9 Å². The summed E-state index contributed by atoms with van der Waals surface area (Å²) in [6.45, 7) is 9.55. The zero-order valence-electron chi connectivity index (χ0n) is 14.5. The van der Waals surface area contributed by atoms with Crippen LogP contribution in [-0.4, -0.2) is 37.6 Å². The van der Waals surface area contributed by atoms with Gasteiger partial charge in [-0.2, -0.15) is 0 Å². The number of anilines is 2. The van der Waals surface area contributed by atoms with Crippen molar-refractivity contribution in [3.8, 4) is 0 Å². The van der Waals surface area contributed by atoms with Gasteiger partial charge in [0, 0.05) is 26.2 Å². The second-order valence-corrected chi connectivity index (χ2v) is 6.13. The minimum Gasteiger partial charge on any atom is -0.383 e. The fourth-order valence-corrected chi connectivity index (χ4v) is 2.66. The molecule has 0 aliphatic carbocycles. The van der Waals surface area contributed by atoms with Gasteiger partial charge in [0.1, 0.15) is 11.4 Å². The van der Waals surface area contributed by atoms with Crippen LogP contribution in [-0.2, 0) is 0 Å². The van der Waals surface area contributed by atoms with E-state index < -0.39 is 10.9 Å². The molecule has 5 nitrogen and oxygen atoms in total. The van der Waals surface area contributed by atoms with E-state index in [1.807, 2.05) is 0 Å². The SMILES string of the molecule is CCCCCCN(CCCNc1c(NC)c(=O)c1=O)C(C)C. The lowest BCUT2D eigenvalue weighted by Gasteiger charge is -2.26. The first-order chi connectivity index (χ1) is 10.5. The van der Waals surface area contributed by atoms with E-state index in [2.05, 4.69) is 36.3 Å². The van der Waals surface area contributed by atoms with E-state index in [-0.39, 0.29) is 0 Å². The van der Waals surface area contributed by atoms with E-state index in [0.717, 1.165) is 26.1 Å². The summed E-state index contributed by atoms with van der Waals surface area (Å²) in [4.78, 5) is 25.2. The van der Waals surface area contributed by atoms with Crippen molar-refractivity contribution in [1.29, 1.82) is 0 Å². The van der Waals surface area contributed by atoms with E-state index in [4.69, 9.17) is 0 Å². The van der Waals surface area contributed by atoms with Gasteiger partial charge >= 0.3 is 0 Å². The van der Waals surface area contributed by atoms with Gasteiger partial charge in [0.2, 0.25) is 0 Å². The smallest absolute Gasteiger partial charge is 0.253 e. The van der Waals surface area contributed by atoms with Crippen LogP contribution in [0.2, 0.25) is 0 Å². The second kappa shape index (κ2) is 9.62. The average molecular weight is 309 g/mol. The molecule has 126 valence electrons. The molecular weight excluding hydrogens is 278 g/mol. The van der Waals surface area contributed by atoms with Gasteiger partial charge in [-0.25, -0.2) is 0 Å². The Hall–Kier alpha value is -1.36. The molecule has 5 heteroatoms. The van der Waals surface area contributed by atoms with Gasteiger partial charge in [0.05, 0.1) is 0 Å². The Morgan fingerprint density at radius 1 is 0.955 bits per heavy atom. The zero-order valence-corrected chi connectivity index (χ0v) is 14.5. The maximum atomic E-state index is 11.4. The van der Waals surface area contributed by atoms with Crippen LogP contribution < -0.4 is 21.5 Å². The molecule has 0 saturated heterocycles. The number of hydrogen-bond acceptors (Lipinski definition) is 5. The summed E-state index contributed by atoms with van der Waals surface area (Å²) in [6.07, 6.45) is 6.09. The molecule has 0 atom stereocenters. The highest BCUT2D eigenvalue weighted by molar-refractivity contribution is 5.73. The molecule has 0 fully saturated rings. The molecule has 0 aliphatic rings. The maximum absolute atomic E-state index is 11.4. The minimum atomic E-state index is -0.412. The van der Waals surface area contributed by atoms with Crippen LogP contribution in [0.5, 0.6) is 0 Å². The van der Waals surface area contributed by atoms with Crippen LogP contribution >= 0.6 is 0 Å². The van der Waals surface area contributed by atoms with Crippen LogP contribution in [0.15, 0.2) is 9.59 Å². The monoisotopic (exact) mass is 309 g/mol. The average Bonchev–Trinajstić information content (AvgIpc) is 2.51. The highest BCUT2D eigenvalue weighted by Gasteiger charge is 2.18. The van der Waals surface area contributed by atoms with Gasteiger partial charge in [0.25, 0.3) is 10.9 Å². The van der Waals surface area contributed by atoms with Crippen molar-refractivity contribution in [1.82, 2.24) is 4.90 Å². The number of rotatable bonds is 12. The Balaban J connectivity index is 2.29. The maximum Gasteiger partial charge on any atom is 0.253 e. The summed E-state index contributed by atoms with van der Waals surface area (Å²) in [7, 11) is 1.66. The molecule has 0 heterocycles. The summed E-state index contributed by atoms with van der Waals surface area (Å²) >= 11 is 0. The van der Waals surface area contributed by atoms with Gasteiger partial charge in [-0.15, -0.1) is 0 Å². The highest BCUT2D eigenvalue weighted by atomic mass is 16.2. The lowest BCUT2D eigenvalue weighted by molar-refractivity contribution is 0.216. The Bertz CT molecular complexity index is 504. The first-order valence-corrected chi connectivity index (χ1v) is 8.51. The molecule has 1 aromatic rings. The van der Waals surface area contributed by atoms with Crippen LogP contribution in [0.4, 0.5) is 11.4 Å². The highest BCUT2D eigenvalue weighted by Crippen LogP contribution is 2.13. The van der Waals surface area contributed by atoms with Crippen LogP contribution in [0.3, 0.4) is 0 Å². The Morgan fingerprint density at radius 2 is 1.59 bits per heavy atom. The Morgan fingerprint density at radius 3 is 2.18 bits per heavy atom. The van der Waals surface area contributed by atoms with Crippen molar-refractivity contribution in [3.63, 3.8) is 0 Å². The summed E-state index contributed by atoms with van der Waals surface area (Å²) < 4.78 is 0. The zero-order chi connectivity index (χ0) is 16.5. The first-order valence-electron chi connectivity index (χ1n) is 8.51. The molecule has 0 aliphatic heterocycles. The molecule has 22 heavy (non-hydrogen) atoms. The van der Waals surface area contributed by atoms with Crippen LogP contribution in [0, 0.1) is 0 Å². The predicted octanol–water partition coefficient (Wildman–Crippen LogP) is 2.42. The summed E-state index contributed by atoms with van der Waals surface area (Å²) in [5.41, 5.74) is 0.0613. The van der Waals surface area contributed by atoms with E-state index >= 15 is 0 Å². The van der Waals surface area contributed by atoms with E-state index in [1.165, 1.54) is 25.7 Å². The molecule has 1 aromatic carbocycles. The predicted molar refractivity (Wildman–Crippen MR) is 94.9 cm³/mol. The molecular formula is C17H31N3O2. The fourth-order valence-electron chi connectivity index (χ4n) is 2.66. The topological polar surface area (TPSA) is 61.4 Å². The summed E-state index contributed by atoms with van der Waals surface area (Å²) in [5, 5.41) is 5.87. The second-order valence-electron chi connectivity index (χ2n) is 6.13. The lowest BCUT2D eigenvalue weighted by Crippen LogP contribution is -2.37. The third-order valence-electron chi connectivity index (χ3n) is 4.11. The van der Waals surface area contributed by atoms with Crippen molar-refractivity contribution in [2.75, 3.05) is 37.3 Å². The van der Waals surface area contributed by atoms with E-state index in [1.54, 1.807) is 7.05 Å². The van der Waals surface area contributed by atoms with Gasteiger partial charge in [-0.05, 0) is 33.2 Å². The molecule has 0 radical (unpaired) electrons. The number of nitrogens with zero attached hydrogens (tertiary/aromatic N) is 1. The van der Waals surface area contributed by atoms with Crippen molar-refractivity contribution >= 4 is 11.4 Å². The molecule has 0 saturated carbocycles. The van der Waals surface area contributed by atoms with Crippen LogP contribution in [0.25, 0.3) is 0 Å². The Labute approximate surface area is 133 Å². The molecule has 0 aromatic heterocycles. The third kappa shape index (κ3) is 5.13. The van der Waals surface area contributed by atoms with E-state index in [0.29, 0.717) is 17.4 Å². The molecule has 0 amide bonds. The van der Waals surface area contributed by atoms with Gasteiger partial charge in [0.15, 0.2) is 0 Å². The van der Waals surface area contributed by atoms with Gasteiger partial charge in [-0.3, -0.25) is 9.59 Å². The number of unbranched alkanes of at least 4 members (excludes halogenated alkanes) is 3. The summed E-state index contributed by atoms with van der Waals surface area (Å²) in [6, 6.07) is 0.542. The molecule has 0 unspecified atom stereocenters. The number of hydrogen-bond donors (Lipinski definition) is 2. The molecule has 1 rings (SSSR count). The quantitative estimate of drug-likeness (QED) is 0.459. The molecule has 0 spiro atoms. The van der Waals surface area contributed by atoms with E-state index in [9.17, 15) is 9.59 Å². The minimum absolute atomic E-state index is 0.398. The number of nitrogens with one attached hydrogen (secondary N) is 2. The largest absolute Gasteiger partial charge is 0.383 e. The standard InChI is InChI=1S/C17H31N3O2/c1-5-6-7-8-11-20(13(2)3)12-9-10-19-15-14(18-4)16(21)17(15)22/h13,18-19H,5-12H2,1-4H3. The van der Waals surface area contributed by atoms with Crippen molar-refractivity contribution in [2.24, 2.45) is 0 Å². The Kier molecular flexibility index (Phi) is 8.17. The normalized spacial score (nSPS) is 11.5.